The molecule has 0 bridgehead atoms. The standard InChI is InChI=1S/C17H23ClN2O/c1-17(2,3)19-11-13-10-14(18)7-8-16(13)20(4)12-15-6-5-9-21-15/h5-10,19H,11-12H2,1-4H3. The van der Waals surface area contributed by atoms with Crippen LogP contribution in [0.3, 0.4) is 0 Å². The summed E-state index contributed by atoms with van der Waals surface area (Å²) in [4.78, 5) is 2.18. The molecule has 2 rings (SSSR count). The molecule has 1 aromatic carbocycles. The Morgan fingerprint density at radius 3 is 2.62 bits per heavy atom. The van der Waals surface area contributed by atoms with Crippen LogP contribution >= 0.6 is 11.6 Å². The average molecular weight is 307 g/mol. The number of halogens is 1. The molecular weight excluding hydrogens is 284 g/mol. The van der Waals surface area contributed by atoms with Crippen LogP contribution in [0.25, 0.3) is 0 Å². The molecule has 0 aliphatic rings. The molecule has 1 aromatic heterocycles. The van der Waals surface area contributed by atoms with Crippen molar-refractivity contribution in [3.63, 3.8) is 0 Å². The second-order valence-electron chi connectivity index (χ2n) is 6.31. The van der Waals surface area contributed by atoms with E-state index in [2.05, 4.69) is 44.1 Å². The third kappa shape index (κ3) is 4.80. The van der Waals surface area contributed by atoms with Crippen molar-refractivity contribution in [2.75, 3.05) is 11.9 Å². The van der Waals surface area contributed by atoms with E-state index in [1.165, 1.54) is 5.56 Å². The van der Waals surface area contributed by atoms with Crippen molar-refractivity contribution in [1.82, 2.24) is 5.32 Å². The molecule has 0 aliphatic carbocycles. The molecule has 0 saturated carbocycles. The summed E-state index contributed by atoms with van der Waals surface area (Å²) in [6.45, 7) is 7.98. The van der Waals surface area contributed by atoms with Gasteiger partial charge in [-0.3, -0.25) is 0 Å². The number of nitrogens with one attached hydrogen (secondary N) is 1. The minimum absolute atomic E-state index is 0.0686. The predicted octanol–water partition coefficient (Wildman–Crippen LogP) is 4.46. The molecular formula is C17H23ClN2O. The fourth-order valence-electron chi connectivity index (χ4n) is 2.15. The first kappa shape index (κ1) is 15.9. The first-order valence-corrected chi connectivity index (χ1v) is 7.50. The zero-order chi connectivity index (χ0) is 15.5. The van der Waals surface area contributed by atoms with Gasteiger partial charge in [0, 0.05) is 29.8 Å². The van der Waals surface area contributed by atoms with Crippen molar-refractivity contribution in [2.45, 2.75) is 39.4 Å². The van der Waals surface area contributed by atoms with Gasteiger partial charge >= 0.3 is 0 Å². The predicted molar refractivity (Wildman–Crippen MR) is 88.9 cm³/mol. The lowest BCUT2D eigenvalue weighted by Crippen LogP contribution is -2.35. The van der Waals surface area contributed by atoms with Crippen LogP contribution in [0.2, 0.25) is 5.02 Å². The Bertz CT molecular complexity index is 573. The Labute approximate surface area is 131 Å². The number of rotatable bonds is 5. The van der Waals surface area contributed by atoms with E-state index in [9.17, 15) is 0 Å². The van der Waals surface area contributed by atoms with Gasteiger partial charge in [0.25, 0.3) is 0 Å². The first-order valence-electron chi connectivity index (χ1n) is 7.12. The lowest BCUT2D eigenvalue weighted by atomic mass is 10.1. The summed E-state index contributed by atoms with van der Waals surface area (Å²) in [7, 11) is 2.06. The maximum Gasteiger partial charge on any atom is 0.123 e. The van der Waals surface area contributed by atoms with E-state index in [0.29, 0.717) is 0 Å². The summed E-state index contributed by atoms with van der Waals surface area (Å²) in [6, 6.07) is 9.90. The normalized spacial score (nSPS) is 11.7. The van der Waals surface area contributed by atoms with Crippen molar-refractivity contribution in [3.05, 3.63) is 52.9 Å². The molecule has 0 unspecified atom stereocenters. The maximum atomic E-state index is 6.15. The second kappa shape index (κ2) is 6.54. The molecule has 4 heteroatoms. The smallest absolute Gasteiger partial charge is 0.123 e. The minimum Gasteiger partial charge on any atom is -0.467 e. The lowest BCUT2D eigenvalue weighted by Gasteiger charge is -2.25. The van der Waals surface area contributed by atoms with Gasteiger partial charge in [-0.1, -0.05) is 11.6 Å². The topological polar surface area (TPSA) is 28.4 Å². The molecule has 2 aromatic rings. The van der Waals surface area contributed by atoms with Gasteiger partial charge in [0.05, 0.1) is 12.8 Å². The summed E-state index contributed by atoms with van der Waals surface area (Å²) < 4.78 is 5.42. The van der Waals surface area contributed by atoms with Crippen molar-refractivity contribution >= 4 is 17.3 Å². The first-order chi connectivity index (χ1) is 9.85. The van der Waals surface area contributed by atoms with Crippen molar-refractivity contribution in [1.29, 1.82) is 0 Å². The van der Waals surface area contributed by atoms with Crippen molar-refractivity contribution in [2.24, 2.45) is 0 Å². The zero-order valence-electron chi connectivity index (χ0n) is 13.1. The molecule has 0 atom stereocenters. The Kier molecular flexibility index (Phi) is 4.96. The second-order valence-corrected chi connectivity index (χ2v) is 6.75. The van der Waals surface area contributed by atoms with E-state index >= 15 is 0 Å². The molecule has 0 aliphatic heterocycles. The van der Waals surface area contributed by atoms with Crippen LogP contribution in [0.1, 0.15) is 32.1 Å². The number of anilines is 1. The Morgan fingerprint density at radius 1 is 1.24 bits per heavy atom. The average Bonchev–Trinajstić information content (AvgIpc) is 2.88. The van der Waals surface area contributed by atoms with Gasteiger partial charge in [-0.2, -0.15) is 0 Å². The molecule has 0 radical (unpaired) electrons. The highest BCUT2D eigenvalue weighted by atomic mass is 35.5. The van der Waals surface area contributed by atoms with Crippen LogP contribution in [0, 0.1) is 0 Å². The van der Waals surface area contributed by atoms with Crippen LogP contribution in [-0.4, -0.2) is 12.6 Å². The van der Waals surface area contributed by atoms with E-state index < -0.39 is 0 Å². The van der Waals surface area contributed by atoms with Crippen LogP contribution in [0.15, 0.2) is 41.0 Å². The van der Waals surface area contributed by atoms with Gasteiger partial charge in [0.15, 0.2) is 0 Å². The Balaban J connectivity index is 2.17. The maximum absolute atomic E-state index is 6.15. The molecule has 0 amide bonds. The molecule has 3 nitrogen and oxygen atoms in total. The molecule has 0 fully saturated rings. The quantitative estimate of drug-likeness (QED) is 0.884. The molecule has 0 spiro atoms. The highest BCUT2D eigenvalue weighted by molar-refractivity contribution is 6.30. The molecule has 0 saturated heterocycles. The summed E-state index contributed by atoms with van der Waals surface area (Å²) >= 11 is 6.15. The number of nitrogens with zero attached hydrogens (tertiary/aromatic N) is 1. The number of benzene rings is 1. The number of hydrogen-bond donors (Lipinski definition) is 1. The summed E-state index contributed by atoms with van der Waals surface area (Å²) in [5, 5.41) is 4.27. The number of furan rings is 1. The van der Waals surface area contributed by atoms with E-state index in [0.717, 1.165) is 29.6 Å². The third-order valence-electron chi connectivity index (χ3n) is 3.24. The van der Waals surface area contributed by atoms with Gasteiger partial charge in [-0.05, 0) is 56.7 Å². The monoisotopic (exact) mass is 306 g/mol. The van der Waals surface area contributed by atoms with Gasteiger partial charge in [-0.25, -0.2) is 0 Å². The fourth-order valence-corrected chi connectivity index (χ4v) is 2.34. The molecule has 21 heavy (non-hydrogen) atoms. The van der Waals surface area contributed by atoms with E-state index in [1.807, 2.05) is 24.3 Å². The number of hydrogen-bond acceptors (Lipinski definition) is 3. The van der Waals surface area contributed by atoms with Crippen LogP contribution < -0.4 is 10.2 Å². The molecule has 114 valence electrons. The van der Waals surface area contributed by atoms with Gasteiger partial charge in [-0.15, -0.1) is 0 Å². The summed E-state index contributed by atoms with van der Waals surface area (Å²) in [6.07, 6.45) is 1.70. The minimum atomic E-state index is 0.0686. The largest absolute Gasteiger partial charge is 0.467 e. The molecule has 1 N–H and O–H groups in total. The Hall–Kier alpha value is -1.45. The summed E-state index contributed by atoms with van der Waals surface area (Å²) in [5.41, 5.74) is 2.41. The van der Waals surface area contributed by atoms with Crippen molar-refractivity contribution in [3.8, 4) is 0 Å². The van der Waals surface area contributed by atoms with E-state index in [4.69, 9.17) is 16.0 Å². The van der Waals surface area contributed by atoms with E-state index in [1.54, 1.807) is 6.26 Å². The third-order valence-corrected chi connectivity index (χ3v) is 3.47. The van der Waals surface area contributed by atoms with Crippen LogP contribution in [-0.2, 0) is 13.1 Å². The van der Waals surface area contributed by atoms with Gasteiger partial charge in [0.2, 0.25) is 0 Å². The van der Waals surface area contributed by atoms with Gasteiger partial charge < -0.3 is 14.6 Å². The van der Waals surface area contributed by atoms with E-state index in [-0.39, 0.29) is 5.54 Å². The fraction of sp³-hybridized carbons (Fsp3) is 0.412. The van der Waals surface area contributed by atoms with Crippen LogP contribution in [0.4, 0.5) is 5.69 Å². The lowest BCUT2D eigenvalue weighted by molar-refractivity contribution is 0.424. The summed E-state index contributed by atoms with van der Waals surface area (Å²) in [5.74, 6) is 0.946. The SMILES string of the molecule is CN(Cc1ccco1)c1ccc(Cl)cc1CNC(C)(C)C. The van der Waals surface area contributed by atoms with Crippen LogP contribution in [0.5, 0.6) is 0 Å². The molecule has 1 heterocycles. The van der Waals surface area contributed by atoms with Gasteiger partial charge in [0.1, 0.15) is 5.76 Å². The highest BCUT2D eigenvalue weighted by Gasteiger charge is 2.13. The van der Waals surface area contributed by atoms with Crippen molar-refractivity contribution < 1.29 is 4.42 Å². The zero-order valence-corrected chi connectivity index (χ0v) is 13.9. The highest BCUT2D eigenvalue weighted by Crippen LogP contribution is 2.25. The Morgan fingerprint density at radius 2 is 2.00 bits per heavy atom.